The van der Waals surface area contributed by atoms with Crippen LogP contribution in [0.1, 0.15) is 51.5 Å². The van der Waals surface area contributed by atoms with E-state index < -0.39 is 35.0 Å². The lowest BCUT2D eigenvalue weighted by atomic mass is 9.62. The number of nitrogens with zero attached hydrogens (tertiary/aromatic N) is 2. The molecule has 40 heavy (non-hydrogen) atoms. The predicted octanol–water partition coefficient (Wildman–Crippen LogP) is 4.46. The van der Waals surface area contributed by atoms with Crippen LogP contribution < -0.4 is 4.90 Å². The molecule has 0 aromatic heterocycles. The average Bonchev–Trinajstić information content (AvgIpc) is 3.42. The fourth-order valence-corrected chi connectivity index (χ4v) is 7.38. The van der Waals surface area contributed by atoms with Gasteiger partial charge in [0.05, 0.1) is 28.8 Å². The molecule has 6 atom stereocenters. The van der Waals surface area contributed by atoms with Crippen molar-refractivity contribution in [3.05, 3.63) is 54.1 Å². The quantitative estimate of drug-likeness (QED) is 0.213. The molecular weight excluding hydrogens is 532 g/mol. The summed E-state index contributed by atoms with van der Waals surface area (Å²) < 4.78 is 12.4. The number of fused-ring (bicyclic) bond motifs is 1. The predicted molar refractivity (Wildman–Crippen MR) is 154 cm³/mol. The zero-order valence-corrected chi connectivity index (χ0v) is 24.5. The highest BCUT2D eigenvalue weighted by molar-refractivity contribution is 6.34. The number of hydrogen-bond acceptors (Lipinski definition) is 6. The summed E-state index contributed by atoms with van der Waals surface area (Å²) in [6.07, 6.45) is 6.16. The molecule has 1 aromatic carbocycles. The molecule has 0 radical (unpaired) electrons. The molecule has 3 aliphatic heterocycles. The summed E-state index contributed by atoms with van der Waals surface area (Å²) >= 11 is 6.62. The van der Waals surface area contributed by atoms with Gasteiger partial charge in [-0.15, -0.1) is 13.2 Å². The molecule has 0 saturated carbocycles. The number of aliphatic hydroxyl groups is 1. The van der Waals surface area contributed by atoms with Gasteiger partial charge < -0.3 is 24.4 Å². The number of aliphatic hydroxyl groups excluding tert-OH is 1. The van der Waals surface area contributed by atoms with E-state index in [1.807, 2.05) is 32.9 Å². The monoisotopic (exact) mass is 572 g/mol. The van der Waals surface area contributed by atoms with Gasteiger partial charge in [-0.3, -0.25) is 14.4 Å². The zero-order valence-electron chi connectivity index (χ0n) is 23.7. The van der Waals surface area contributed by atoms with Gasteiger partial charge in [0.25, 0.3) is 5.91 Å². The normalized spacial score (nSPS) is 30.3. The van der Waals surface area contributed by atoms with Gasteiger partial charge in [-0.25, -0.2) is 0 Å². The minimum atomic E-state index is -1.18. The van der Waals surface area contributed by atoms with Crippen molar-refractivity contribution in [2.45, 2.75) is 70.1 Å². The van der Waals surface area contributed by atoms with Crippen molar-refractivity contribution in [1.29, 1.82) is 0 Å². The minimum Gasteiger partial charge on any atom is -0.465 e. The van der Waals surface area contributed by atoms with Crippen LogP contribution in [0.25, 0.3) is 0 Å². The number of amides is 2. The molecule has 9 heteroatoms. The molecule has 3 heterocycles. The molecule has 2 bridgehead atoms. The summed E-state index contributed by atoms with van der Waals surface area (Å²) in [7, 11) is 0. The van der Waals surface area contributed by atoms with Crippen LogP contribution in [-0.4, -0.2) is 71.3 Å². The van der Waals surface area contributed by atoms with Crippen LogP contribution in [0.3, 0.4) is 0 Å². The maximum absolute atomic E-state index is 14.7. The second kappa shape index (κ2) is 12.0. The van der Waals surface area contributed by atoms with E-state index in [0.717, 1.165) is 5.56 Å². The van der Waals surface area contributed by atoms with Crippen molar-refractivity contribution in [1.82, 2.24) is 4.90 Å². The van der Waals surface area contributed by atoms with Gasteiger partial charge in [-0.2, -0.15) is 0 Å². The molecule has 3 aliphatic rings. The van der Waals surface area contributed by atoms with Crippen molar-refractivity contribution in [3.63, 3.8) is 0 Å². The Bertz CT molecular complexity index is 1150. The number of benzene rings is 1. The topological polar surface area (TPSA) is 96.4 Å². The number of para-hydroxylation sites is 1. The highest BCUT2D eigenvalue weighted by atomic mass is 35.5. The number of carbonyl (C=O) groups is 3. The Morgan fingerprint density at radius 1 is 1.27 bits per heavy atom. The fraction of sp³-hybridized carbons (Fsp3) is 0.581. The molecule has 1 spiro atoms. The van der Waals surface area contributed by atoms with E-state index in [0.29, 0.717) is 49.4 Å². The first-order valence-corrected chi connectivity index (χ1v) is 14.5. The number of unbranched alkanes of at least 4 members (excludes halogenated alkanes) is 2. The van der Waals surface area contributed by atoms with Crippen LogP contribution in [-0.2, 0) is 23.9 Å². The van der Waals surface area contributed by atoms with Crippen LogP contribution >= 0.6 is 11.6 Å². The van der Waals surface area contributed by atoms with Crippen molar-refractivity contribution in [2.75, 3.05) is 31.2 Å². The Balaban J connectivity index is 1.80. The lowest BCUT2D eigenvalue weighted by Gasteiger charge is -2.37. The van der Waals surface area contributed by atoms with Gasteiger partial charge in [-0.05, 0) is 63.5 Å². The highest BCUT2D eigenvalue weighted by Crippen LogP contribution is 2.65. The van der Waals surface area contributed by atoms with Gasteiger partial charge in [0.15, 0.2) is 0 Å². The molecule has 3 fully saturated rings. The van der Waals surface area contributed by atoms with Gasteiger partial charge in [-0.1, -0.05) is 42.8 Å². The number of esters is 1. The average molecular weight is 573 g/mol. The van der Waals surface area contributed by atoms with E-state index in [-0.39, 0.29) is 37.5 Å². The number of hydrogen-bond donors (Lipinski definition) is 1. The number of likely N-dealkylation sites (tertiary alicyclic amines) is 1. The molecule has 0 aliphatic carbocycles. The lowest BCUT2D eigenvalue weighted by molar-refractivity contribution is -0.161. The van der Waals surface area contributed by atoms with Crippen LogP contribution in [0.15, 0.2) is 43.5 Å². The second-order valence-corrected chi connectivity index (χ2v) is 11.8. The van der Waals surface area contributed by atoms with Crippen LogP contribution in [0, 0.1) is 24.7 Å². The summed E-state index contributed by atoms with van der Waals surface area (Å²) in [6.45, 7) is 14.0. The number of aryl methyl sites for hydroxylation is 1. The molecule has 4 rings (SSSR count). The second-order valence-electron chi connectivity index (χ2n) is 11.4. The largest absolute Gasteiger partial charge is 0.465 e. The minimum absolute atomic E-state index is 0.0549. The van der Waals surface area contributed by atoms with E-state index in [1.54, 1.807) is 28.0 Å². The van der Waals surface area contributed by atoms with Crippen molar-refractivity contribution in [2.24, 2.45) is 17.8 Å². The highest BCUT2D eigenvalue weighted by Gasteiger charge is 2.80. The summed E-state index contributed by atoms with van der Waals surface area (Å²) in [5.41, 5.74) is -0.753. The number of carbonyl (C=O) groups excluding carboxylic acids is 3. The summed E-state index contributed by atoms with van der Waals surface area (Å²) in [4.78, 5) is 45.6. The standard InChI is InChI=1S/C31H41ClN2O6/c1-6-8-18-39-29(38)24-23-27(36)34(16-10-9-11-17-35)26(31(23)19-21(4)30(24,5)40-31)28(37)33(15-7-2)25-20(3)13-12-14-22(25)32/h6-7,12-14,21,23-24,26,35H,1-2,8-11,15-19H2,3-5H3/t21?,23-,24-,26?,30+,31?/m0/s1. The number of ether oxygens (including phenoxy) is 2. The third kappa shape index (κ3) is 4.88. The third-order valence-corrected chi connectivity index (χ3v) is 9.27. The summed E-state index contributed by atoms with van der Waals surface area (Å²) in [6, 6.07) is 4.49. The van der Waals surface area contributed by atoms with Gasteiger partial charge >= 0.3 is 5.97 Å². The van der Waals surface area contributed by atoms with Crippen molar-refractivity contribution >= 4 is 35.1 Å². The van der Waals surface area contributed by atoms with E-state index >= 15 is 0 Å². The zero-order chi connectivity index (χ0) is 29.2. The molecule has 8 nitrogen and oxygen atoms in total. The molecule has 1 aromatic rings. The first-order chi connectivity index (χ1) is 19.1. The molecule has 1 N–H and O–H groups in total. The summed E-state index contributed by atoms with van der Waals surface area (Å²) in [5, 5.41) is 9.70. The maximum atomic E-state index is 14.7. The Labute approximate surface area is 241 Å². The van der Waals surface area contributed by atoms with E-state index in [2.05, 4.69) is 13.2 Å². The van der Waals surface area contributed by atoms with Crippen molar-refractivity contribution < 1.29 is 29.0 Å². The first-order valence-electron chi connectivity index (χ1n) is 14.2. The maximum Gasteiger partial charge on any atom is 0.312 e. The Kier molecular flexibility index (Phi) is 9.12. The van der Waals surface area contributed by atoms with Gasteiger partial charge in [0, 0.05) is 19.7 Å². The van der Waals surface area contributed by atoms with E-state index in [4.69, 9.17) is 21.1 Å². The van der Waals surface area contributed by atoms with Gasteiger partial charge in [0.2, 0.25) is 5.91 Å². The first kappa shape index (κ1) is 30.3. The van der Waals surface area contributed by atoms with Crippen LogP contribution in [0.4, 0.5) is 5.69 Å². The number of rotatable bonds is 13. The lowest BCUT2D eigenvalue weighted by Crippen LogP contribution is -2.57. The van der Waals surface area contributed by atoms with Crippen LogP contribution in [0.2, 0.25) is 5.02 Å². The Morgan fingerprint density at radius 2 is 2.02 bits per heavy atom. The number of anilines is 1. The molecule has 3 unspecified atom stereocenters. The molecule has 218 valence electrons. The molecule has 3 saturated heterocycles. The summed E-state index contributed by atoms with van der Waals surface area (Å²) in [5.74, 6) is -2.82. The smallest absolute Gasteiger partial charge is 0.312 e. The SMILES string of the molecule is C=CCCOC(=O)[C@@H]1[C@H]2C(=O)N(CCCCCO)C(C(=O)N(CC=C)c3c(C)cccc3Cl)C23CC(C)[C@@]1(C)O3. The fourth-order valence-electron chi connectivity index (χ4n) is 7.05. The van der Waals surface area contributed by atoms with Crippen molar-refractivity contribution in [3.8, 4) is 0 Å². The van der Waals surface area contributed by atoms with Gasteiger partial charge in [0.1, 0.15) is 17.6 Å². The molecule has 2 amide bonds. The van der Waals surface area contributed by atoms with E-state index in [9.17, 15) is 19.5 Å². The van der Waals surface area contributed by atoms with E-state index in [1.165, 1.54) is 0 Å². The third-order valence-electron chi connectivity index (χ3n) is 8.96. The van der Waals surface area contributed by atoms with Crippen LogP contribution in [0.5, 0.6) is 0 Å². The molecular formula is C31H41ClN2O6. The Morgan fingerprint density at radius 3 is 2.67 bits per heavy atom. The number of halogens is 1. The Hall–Kier alpha value is -2.68.